The van der Waals surface area contributed by atoms with Crippen LogP contribution in [0.1, 0.15) is 25.7 Å². The summed E-state index contributed by atoms with van der Waals surface area (Å²) in [6.07, 6.45) is 3.74. The molecule has 18 heavy (non-hydrogen) atoms. The minimum atomic E-state index is -3.75. The van der Waals surface area contributed by atoms with Crippen LogP contribution in [-0.2, 0) is 10.0 Å². The molecule has 0 aliphatic heterocycles. The van der Waals surface area contributed by atoms with E-state index in [0.29, 0.717) is 5.69 Å². The van der Waals surface area contributed by atoms with Crippen molar-refractivity contribution in [3.05, 3.63) is 24.3 Å². The highest BCUT2D eigenvalue weighted by Gasteiger charge is 2.34. The quantitative estimate of drug-likeness (QED) is 0.762. The maximum absolute atomic E-state index is 11.5. The van der Waals surface area contributed by atoms with Gasteiger partial charge in [0.1, 0.15) is 4.90 Å². The normalized spacial score (nSPS) is 18.8. The predicted molar refractivity (Wildman–Crippen MR) is 69.7 cm³/mol. The van der Waals surface area contributed by atoms with Gasteiger partial charge in [0.25, 0.3) is 0 Å². The Kier molecular flexibility index (Phi) is 3.61. The Morgan fingerprint density at radius 1 is 1.28 bits per heavy atom. The van der Waals surface area contributed by atoms with Crippen LogP contribution in [0.3, 0.4) is 0 Å². The van der Waals surface area contributed by atoms with Gasteiger partial charge >= 0.3 is 0 Å². The molecule has 0 unspecified atom stereocenters. The maximum atomic E-state index is 11.5. The number of benzene rings is 1. The summed E-state index contributed by atoms with van der Waals surface area (Å²) in [5, 5.41) is 17.9. The number of anilines is 1. The van der Waals surface area contributed by atoms with Crippen molar-refractivity contribution >= 4 is 15.7 Å². The van der Waals surface area contributed by atoms with Crippen LogP contribution in [0, 0.1) is 0 Å². The molecule has 0 atom stereocenters. The van der Waals surface area contributed by atoms with Crippen LogP contribution >= 0.6 is 0 Å². The van der Waals surface area contributed by atoms with E-state index in [0.717, 1.165) is 25.7 Å². The van der Waals surface area contributed by atoms with Crippen molar-refractivity contribution in [1.82, 2.24) is 0 Å². The van der Waals surface area contributed by atoms with E-state index in [9.17, 15) is 13.5 Å². The number of sulfonamides is 1. The summed E-state index contributed by atoms with van der Waals surface area (Å²) in [6, 6.07) is 6.52. The number of nitrogens with one attached hydrogen (secondary N) is 1. The van der Waals surface area contributed by atoms with Gasteiger partial charge in [0.15, 0.2) is 0 Å². The summed E-state index contributed by atoms with van der Waals surface area (Å²) in [5.41, 5.74) is 0.0526. The first-order valence-electron chi connectivity index (χ1n) is 5.98. The zero-order valence-corrected chi connectivity index (χ0v) is 10.9. The number of primary sulfonamides is 1. The Morgan fingerprint density at radius 2 is 1.89 bits per heavy atom. The van der Waals surface area contributed by atoms with Crippen molar-refractivity contribution in [3.63, 3.8) is 0 Å². The van der Waals surface area contributed by atoms with E-state index in [1.807, 2.05) is 0 Å². The number of nitrogens with two attached hydrogens (primary N) is 1. The van der Waals surface area contributed by atoms with Gasteiger partial charge in [-0.3, -0.25) is 0 Å². The molecule has 1 saturated carbocycles. The summed E-state index contributed by atoms with van der Waals surface area (Å²) in [7, 11) is -3.75. The smallest absolute Gasteiger partial charge is 0.240 e. The van der Waals surface area contributed by atoms with Crippen LogP contribution in [0.4, 0.5) is 5.69 Å². The Balaban J connectivity index is 2.35. The SMILES string of the molecule is NS(=O)(=O)c1ccccc1NC1(CO)CCCC1. The van der Waals surface area contributed by atoms with Crippen molar-refractivity contribution in [2.75, 3.05) is 11.9 Å². The Morgan fingerprint density at radius 3 is 2.44 bits per heavy atom. The molecular formula is C12H18N2O3S. The van der Waals surface area contributed by atoms with E-state index >= 15 is 0 Å². The zero-order chi connectivity index (χ0) is 13.2. The Labute approximate surface area is 107 Å². The predicted octanol–water partition coefficient (Wildman–Crippen LogP) is 1.05. The van der Waals surface area contributed by atoms with Gasteiger partial charge in [0, 0.05) is 0 Å². The highest BCUT2D eigenvalue weighted by molar-refractivity contribution is 7.89. The first-order valence-corrected chi connectivity index (χ1v) is 7.52. The molecule has 1 aliphatic rings. The van der Waals surface area contributed by atoms with E-state index in [1.165, 1.54) is 6.07 Å². The number of para-hydroxylation sites is 1. The fourth-order valence-electron chi connectivity index (χ4n) is 2.48. The van der Waals surface area contributed by atoms with Crippen molar-refractivity contribution in [1.29, 1.82) is 0 Å². The summed E-state index contributed by atoms with van der Waals surface area (Å²) < 4.78 is 23.0. The number of hydrogen-bond donors (Lipinski definition) is 3. The average molecular weight is 270 g/mol. The van der Waals surface area contributed by atoms with Crippen LogP contribution in [-0.4, -0.2) is 25.7 Å². The van der Waals surface area contributed by atoms with Gasteiger partial charge in [-0.25, -0.2) is 13.6 Å². The molecule has 1 aromatic carbocycles. The number of rotatable bonds is 4. The molecule has 1 aromatic rings. The number of hydrogen-bond acceptors (Lipinski definition) is 4. The third kappa shape index (κ3) is 2.66. The second kappa shape index (κ2) is 4.87. The molecule has 4 N–H and O–H groups in total. The van der Waals surface area contributed by atoms with Gasteiger partial charge in [-0.05, 0) is 25.0 Å². The molecule has 2 rings (SSSR count). The van der Waals surface area contributed by atoms with Gasteiger partial charge in [0.2, 0.25) is 10.0 Å². The zero-order valence-electron chi connectivity index (χ0n) is 10.1. The fourth-order valence-corrected chi connectivity index (χ4v) is 3.17. The van der Waals surface area contributed by atoms with Gasteiger partial charge < -0.3 is 10.4 Å². The van der Waals surface area contributed by atoms with Crippen molar-refractivity contribution < 1.29 is 13.5 Å². The van der Waals surface area contributed by atoms with Gasteiger partial charge in [-0.15, -0.1) is 0 Å². The lowest BCUT2D eigenvalue weighted by Crippen LogP contribution is -2.39. The van der Waals surface area contributed by atoms with Gasteiger partial charge in [-0.1, -0.05) is 25.0 Å². The van der Waals surface area contributed by atoms with Crippen LogP contribution in [0.15, 0.2) is 29.2 Å². The summed E-state index contributed by atoms with van der Waals surface area (Å²) in [5.74, 6) is 0. The first-order chi connectivity index (χ1) is 8.47. The van der Waals surface area contributed by atoms with Crippen LogP contribution in [0.5, 0.6) is 0 Å². The fraction of sp³-hybridized carbons (Fsp3) is 0.500. The molecule has 0 radical (unpaired) electrons. The molecular weight excluding hydrogens is 252 g/mol. The monoisotopic (exact) mass is 270 g/mol. The van der Waals surface area contributed by atoms with Gasteiger partial charge in [0.05, 0.1) is 17.8 Å². The Bertz CT molecular complexity index is 522. The minimum absolute atomic E-state index is 0.00798. The summed E-state index contributed by atoms with van der Waals surface area (Å²) in [4.78, 5) is 0.0738. The van der Waals surface area contributed by atoms with E-state index in [2.05, 4.69) is 5.32 Å². The van der Waals surface area contributed by atoms with Crippen LogP contribution < -0.4 is 10.5 Å². The third-order valence-electron chi connectivity index (χ3n) is 3.46. The molecule has 0 amide bonds. The van der Waals surface area contributed by atoms with E-state index in [-0.39, 0.29) is 11.5 Å². The molecule has 0 heterocycles. The summed E-state index contributed by atoms with van der Waals surface area (Å²) in [6.45, 7) is -0.00798. The number of aliphatic hydroxyl groups is 1. The average Bonchev–Trinajstić information content (AvgIpc) is 2.78. The highest BCUT2D eigenvalue weighted by Crippen LogP contribution is 2.34. The lowest BCUT2D eigenvalue weighted by Gasteiger charge is -2.30. The number of aliphatic hydroxyl groups excluding tert-OH is 1. The summed E-state index contributed by atoms with van der Waals surface area (Å²) >= 11 is 0. The molecule has 0 aromatic heterocycles. The first kappa shape index (κ1) is 13.3. The molecule has 0 spiro atoms. The lowest BCUT2D eigenvalue weighted by atomic mass is 9.98. The van der Waals surface area contributed by atoms with E-state index in [1.54, 1.807) is 18.2 Å². The second-order valence-corrected chi connectivity index (χ2v) is 6.34. The third-order valence-corrected chi connectivity index (χ3v) is 4.43. The molecule has 1 fully saturated rings. The standard InChI is InChI=1S/C12H18N2O3S/c13-18(16,17)11-6-2-1-5-10(11)14-12(9-15)7-3-4-8-12/h1-2,5-6,14-15H,3-4,7-9H2,(H2,13,16,17). The maximum Gasteiger partial charge on any atom is 0.240 e. The topological polar surface area (TPSA) is 92.4 Å². The van der Waals surface area contributed by atoms with Crippen molar-refractivity contribution in [3.8, 4) is 0 Å². The Hall–Kier alpha value is -1.11. The van der Waals surface area contributed by atoms with Crippen molar-refractivity contribution in [2.45, 2.75) is 36.1 Å². The second-order valence-electron chi connectivity index (χ2n) is 4.81. The largest absolute Gasteiger partial charge is 0.394 e. The van der Waals surface area contributed by atoms with Crippen LogP contribution in [0.25, 0.3) is 0 Å². The highest BCUT2D eigenvalue weighted by atomic mass is 32.2. The molecule has 6 heteroatoms. The molecule has 0 bridgehead atoms. The van der Waals surface area contributed by atoms with Crippen molar-refractivity contribution in [2.24, 2.45) is 5.14 Å². The van der Waals surface area contributed by atoms with E-state index in [4.69, 9.17) is 5.14 Å². The molecule has 5 nitrogen and oxygen atoms in total. The lowest BCUT2D eigenvalue weighted by molar-refractivity contribution is 0.214. The molecule has 0 saturated heterocycles. The van der Waals surface area contributed by atoms with Crippen LogP contribution in [0.2, 0.25) is 0 Å². The minimum Gasteiger partial charge on any atom is -0.394 e. The molecule has 1 aliphatic carbocycles. The van der Waals surface area contributed by atoms with E-state index < -0.39 is 15.6 Å². The molecule has 100 valence electrons. The van der Waals surface area contributed by atoms with Gasteiger partial charge in [-0.2, -0.15) is 0 Å².